The van der Waals surface area contributed by atoms with E-state index in [0.717, 1.165) is 0 Å². The van der Waals surface area contributed by atoms with Crippen LogP contribution >= 0.6 is 23.2 Å². The number of carbonyl (C=O) groups excluding carboxylic acids is 1. The number of rotatable bonds is 3. The van der Waals surface area contributed by atoms with Gasteiger partial charge in [-0.3, -0.25) is 9.59 Å². The summed E-state index contributed by atoms with van der Waals surface area (Å²) in [7, 11) is 0. The molecule has 0 bridgehead atoms. The van der Waals surface area contributed by atoms with Gasteiger partial charge in [-0.05, 0) is 37.6 Å². The molecule has 0 saturated carbocycles. The van der Waals surface area contributed by atoms with E-state index in [1.54, 1.807) is 23.1 Å². The van der Waals surface area contributed by atoms with Crippen LogP contribution in [0.4, 0.5) is 0 Å². The van der Waals surface area contributed by atoms with Gasteiger partial charge >= 0.3 is 5.97 Å². The Morgan fingerprint density at radius 3 is 2.30 bits per heavy atom. The van der Waals surface area contributed by atoms with Crippen molar-refractivity contribution in [3.63, 3.8) is 0 Å². The van der Waals surface area contributed by atoms with E-state index < -0.39 is 17.9 Å². The number of benzene rings is 1. The average molecular weight is 316 g/mol. The molecule has 0 radical (unpaired) electrons. The molecular formula is C14H15Cl2NO3. The second-order valence-electron chi connectivity index (χ2n) is 5.19. The van der Waals surface area contributed by atoms with Crippen LogP contribution in [-0.4, -0.2) is 27.9 Å². The molecule has 1 aromatic carbocycles. The maximum absolute atomic E-state index is 12.1. The van der Waals surface area contributed by atoms with Crippen molar-refractivity contribution >= 4 is 35.1 Å². The van der Waals surface area contributed by atoms with Gasteiger partial charge < -0.3 is 10.0 Å². The van der Waals surface area contributed by atoms with E-state index in [1.807, 2.05) is 13.8 Å². The predicted molar refractivity (Wildman–Crippen MR) is 76.9 cm³/mol. The molecule has 4 nitrogen and oxygen atoms in total. The molecule has 2 unspecified atom stereocenters. The number of hydrogen-bond donors (Lipinski definition) is 1. The Morgan fingerprint density at radius 2 is 1.85 bits per heavy atom. The molecule has 108 valence electrons. The van der Waals surface area contributed by atoms with E-state index in [2.05, 4.69) is 0 Å². The zero-order chi connectivity index (χ0) is 15.0. The average Bonchev–Trinajstić information content (AvgIpc) is 2.65. The van der Waals surface area contributed by atoms with Crippen LogP contribution < -0.4 is 0 Å². The minimum atomic E-state index is -0.984. The van der Waals surface area contributed by atoms with Crippen molar-refractivity contribution in [2.45, 2.75) is 32.4 Å². The zero-order valence-corrected chi connectivity index (χ0v) is 12.6. The van der Waals surface area contributed by atoms with Gasteiger partial charge in [0.05, 0.1) is 12.0 Å². The second-order valence-corrected chi connectivity index (χ2v) is 6.06. The number of nitrogens with zero attached hydrogens (tertiary/aromatic N) is 1. The highest BCUT2D eigenvalue weighted by molar-refractivity contribution is 6.34. The smallest absolute Gasteiger partial charge is 0.309 e. The standard InChI is InChI=1S/C14H15Cl2NO3/c1-7(2)17-12(18)6-11(14(19)20)13(17)8-3-9(15)5-10(16)4-8/h3-5,7,11,13H,6H2,1-2H3,(H,19,20). The molecule has 0 aromatic heterocycles. The first-order chi connectivity index (χ1) is 9.31. The number of carboxylic acids is 1. The monoisotopic (exact) mass is 315 g/mol. The van der Waals surface area contributed by atoms with Crippen molar-refractivity contribution in [3.8, 4) is 0 Å². The molecule has 1 aliphatic rings. The van der Waals surface area contributed by atoms with Crippen LogP contribution in [0.2, 0.25) is 10.0 Å². The van der Waals surface area contributed by atoms with E-state index in [-0.39, 0.29) is 18.4 Å². The molecule has 1 heterocycles. The van der Waals surface area contributed by atoms with Crippen molar-refractivity contribution in [3.05, 3.63) is 33.8 Å². The fourth-order valence-corrected chi connectivity index (χ4v) is 3.27. The molecule has 1 saturated heterocycles. The van der Waals surface area contributed by atoms with E-state index in [4.69, 9.17) is 23.2 Å². The number of hydrogen-bond acceptors (Lipinski definition) is 2. The summed E-state index contributed by atoms with van der Waals surface area (Å²) in [4.78, 5) is 25.1. The van der Waals surface area contributed by atoms with Crippen molar-refractivity contribution < 1.29 is 14.7 Å². The van der Waals surface area contributed by atoms with Crippen LogP contribution in [0.1, 0.15) is 31.9 Å². The van der Waals surface area contributed by atoms with Crippen molar-refractivity contribution in [1.29, 1.82) is 0 Å². The third kappa shape index (κ3) is 2.76. The number of carbonyl (C=O) groups is 2. The summed E-state index contributed by atoms with van der Waals surface area (Å²) < 4.78 is 0. The zero-order valence-electron chi connectivity index (χ0n) is 11.1. The normalized spacial score (nSPS) is 22.6. The SMILES string of the molecule is CC(C)N1C(=O)CC(C(=O)O)C1c1cc(Cl)cc(Cl)c1. The van der Waals surface area contributed by atoms with Gasteiger partial charge in [-0.2, -0.15) is 0 Å². The maximum Gasteiger partial charge on any atom is 0.309 e. The summed E-state index contributed by atoms with van der Waals surface area (Å²) in [6.07, 6.45) is 0.00229. The van der Waals surface area contributed by atoms with Crippen LogP contribution in [0, 0.1) is 5.92 Å². The van der Waals surface area contributed by atoms with E-state index in [1.165, 1.54) is 0 Å². The summed E-state index contributed by atoms with van der Waals surface area (Å²) >= 11 is 12.0. The second kappa shape index (κ2) is 5.62. The fourth-order valence-electron chi connectivity index (χ4n) is 2.72. The van der Waals surface area contributed by atoms with Crippen LogP contribution in [-0.2, 0) is 9.59 Å². The lowest BCUT2D eigenvalue weighted by molar-refractivity contribution is -0.142. The Kier molecular flexibility index (Phi) is 4.25. The Morgan fingerprint density at radius 1 is 1.30 bits per heavy atom. The predicted octanol–water partition coefficient (Wildman–Crippen LogP) is 3.38. The molecule has 1 aliphatic heterocycles. The Bertz CT molecular complexity index is 539. The Hall–Kier alpha value is -1.26. The molecule has 6 heteroatoms. The molecule has 0 spiro atoms. The van der Waals surface area contributed by atoms with Gasteiger partial charge in [-0.15, -0.1) is 0 Å². The third-order valence-corrected chi connectivity index (χ3v) is 3.90. The van der Waals surface area contributed by atoms with E-state index in [0.29, 0.717) is 15.6 Å². The lowest BCUT2D eigenvalue weighted by Crippen LogP contribution is -2.36. The molecule has 2 rings (SSSR count). The first kappa shape index (κ1) is 15.1. The van der Waals surface area contributed by atoms with Crippen molar-refractivity contribution in [1.82, 2.24) is 4.90 Å². The minimum Gasteiger partial charge on any atom is -0.481 e. The summed E-state index contributed by atoms with van der Waals surface area (Å²) in [5.41, 5.74) is 0.662. The fraction of sp³-hybridized carbons (Fsp3) is 0.429. The third-order valence-electron chi connectivity index (χ3n) is 3.46. The lowest BCUT2D eigenvalue weighted by atomic mass is 9.93. The van der Waals surface area contributed by atoms with Gasteiger partial charge in [-0.1, -0.05) is 23.2 Å². The van der Waals surface area contributed by atoms with E-state index in [9.17, 15) is 14.7 Å². The molecule has 1 aromatic rings. The highest BCUT2D eigenvalue weighted by Crippen LogP contribution is 2.41. The molecule has 2 atom stereocenters. The van der Waals surface area contributed by atoms with Gasteiger partial charge in [0.1, 0.15) is 0 Å². The van der Waals surface area contributed by atoms with Crippen molar-refractivity contribution in [2.24, 2.45) is 5.92 Å². The summed E-state index contributed by atoms with van der Waals surface area (Å²) in [6, 6.07) is 4.30. The molecule has 0 aliphatic carbocycles. The Balaban J connectivity index is 2.51. The highest BCUT2D eigenvalue weighted by atomic mass is 35.5. The van der Waals surface area contributed by atoms with Gasteiger partial charge in [0.25, 0.3) is 0 Å². The molecule has 1 N–H and O–H groups in total. The lowest BCUT2D eigenvalue weighted by Gasteiger charge is -2.31. The van der Waals surface area contributed by atoms with Crippen LogP contribution in [0.25, 0.3) is 0 Å². The van der Waals surface area contributed by atoms with Crippen molar-refractivity contribution in [2.75, 3.05) is 0 Å². The molecule has 1 amide bonds. The molecular weight excluding hydrogens is 301 g/mol. The van der Waals surface area contributed by atoms with Gasteiger partial charge in [0, 0.05) is 22.5 Å². The number of aliphatic carboxylic acids is 1. The quantitative estimate of drug-likeness (QED) is 0.930. The van der Waals surface area contributed by atoms with Gasteiger partial charge in [0.2, 0.25) is 5.91 Å². The maximum atomic E-state index is 12.1. The van der Waals surface area contributed by atoms with Crippen LogP contribution in [0.3, 0.4) is 0 Å². The molecule has 1 fully saturated rings. The number of carboxylic acid groups (broad SMARTS) is 1. The largest absolute Gasteiger partial charge is 0.481 e. The van der Waals surface area contributed by atoms with Crippen LogP contribution in [0.5, 0.6) is 0 Å². The first-order valence-corrected chi connectivity index (χ1v) is 7.06. The summed E-state index contributed by atoms with van der Waals surface area (Å²) in [6.45, 7) is 3.72. The minimum absolute atomic E-state index is 0.00229. The number of likely N-dealkylation sites (tertiary alicyclic amines) is 1. The first-order valence-electron chi connectivity index (χ1n) is 6.31. The number of amides is 1. The van der Waals surface area contributed by atoms with Crippen LogP contribution in [0.15, 0.2) is 18.2 Å². The van der Waals surface area contributed by atoms with Gasteiger partial charge in [-0.25, -0.2) is 0 Å². The van der Waals surface area contributed by atoms with Gasteiger partial charge in [0.15, 0.2) is 0 Å². The number of halogens is 2. The topological polar surface area (TPSA) is 57.6 Å². The Labute approximate surface area is 127 Å². The molecule has 20 heavy (non-hydrogen) atoms. The summed E-state index contributed by atoms with van der Waals surface area (Å²) in [5, 5.41) is 10.2. The van der Waals surface area contributed by atoms with E-state index >= 15 is 0 Å². The summed E-state index contributed by atoms with van der Waals surface area (Å²) in [5.74, 6) is -1.92. The highest BCUT2D eigenvalue weighted by Gasteiger charge is 2.45.